The van der Waals surface area contributed by atoms with Crippen molar-refractivity contribution >= 4 is 11.8 Å². The third kappa shape index (κ3) is 1.44. The molecule has 6 heteroatoms. The maximum Gasteiger partial charge on any atom is 0.253 e. The standard InChI is InChI=1S/C10H10N2O4/c1-11-9(15)4-6(10(11)16)5-12-7(13)2-3-8(12)14/h2-4,15-16H,5H2,1H3. The molecular weight excluding hydrogens is 212 g/mol. The highest BCUT2D eigenvalue weighted by Gasteiger charge is 2.25. The summed E-state index contributed by atoms with van der Waals surface area (Å²) in [6.07, 6.45) is 2.34. The lowest BCUT2D eigenvalue weighted by molar-refractivity contribution is -0.137. The number of carbonyl (C=O) groups excluding carboxylic acids is 2. The fourth-order valence-corrected chi connectivity index (χ4v) is 1.51. The Hall–Kier alpha value is -2.24. The number of amides is 2. The van der Waals surface area contributed by atoms with Gasteiger partial charge in [0, 0.05) is 30.8 Å². The summed E-state index contributed by atoms with van der Waals surface area (Å²) in [7, 11) is 1.47. The van der Waals surface area contributed by atoms with E-state index in [1.807, 2.05) is 0 Å². The minimum absolute atomic E-state index is 0.0507. The van der Waals surface area contributed by atoms with Crippen LogP contribution < -0.4 is 0 Å². The Kier molecular flexibility index (Phi) is 2.19. The van der Waals surface area contributed by atoms with Crippen molar-refractivity contribution < 1.29 is 19.8 Å². The highest BCUT2D eigenvalue weighted by atomic mass is 16.3. The Bertz CT molecular complexity index is 483. The lowest BCUT2D eigenvalue weighted by atomic mass is 10.3. The molecule has 0 saturated carbocycles. The predicted octanol–water partition coefficient (Wildman–Crippen LogP) is -0.139. The molecule has 1 aliphatic heterocycles. The van der Waals surface area contributed by atoms with Gasteiger partial charge in [-0.3, -0.25) is 19.1 Å². The summed E-state index contributed by atoms with van der Waals surface area (Å²) in [6, 6.07) is 1.31. The number of hydrogen-bond acceptors (Lipinski definition) is 4. The summed E-state index contributed by atoms with van der Waals surface area (Å²) in [5.41, 5.74) is 0.324. The summed E-state index contributed by atoms with van der Waals surface area (Å²) < 4.78 is 1.16. The third-order valence-electron chi connectivity index (χ3n) is 2.48. The van der Waals surface area contributed by atoms with Gasteiger partial charge in [0.1, 0.15) is 0 Å². The van der Waals surface area contributed by atoms with Gasteiger partial charge in [0.25, 0.3) is 11.8 Å². The lowest BCUT2D eigenvalue weighted by Crippen LogP contribution is -2.29. The van der Waals surface area contributed by atoms with Crippen molar-refractivity contribution in [2.24, 2.45) is 7.05 Å². The zero-order valence-electron chi connectivity index (χ0n) is 8.54. The van der Waals surface area contributed by atoms with Crippen molar-refractivity contribution in [2.75, 3.05) is 0 Å². The molecule has 0 saturated heterocycles. The minimum Gasteiger partial charge on any atom is -0.494 e. The van der Waals surface area contributed by atoms with Crippen LogP contribution in [0, 0.1) is 0 Å². The van der Waals surface area contributed by atoms with Gasteiger partial charge in [0.15, 0.2) is 11.8 Å². The molecule has 2 rings (SSSR count). The fourth-order valence-electron chi connectivity index (χ4n) is 1.51. The largest absolute Gasteiger partial charge is 0.494 e. The molecule has 0 aliphatic carbocycles. The van der Waals surface area contributed by atoms with Gasteiger partial charge in [-0.25, -0.2) is 0 Å². The van der Waals surface area contributed by atoms with Crippen LogP contribution in [0.5, 0.6) is 11.8 Å². The molecule has 2 amide bonds. The Morgan fingerprint density at radius 1 is 1.19 bits per heavy atom. The number of nitrogens with zero attached hydrogens (tertiary/aromatic N) is 2. The number of rotatable bonds is 2. The topological polar surface area (TPSA) is 82.8 Å². The molecule has 1 aromatic rings. The van der Waals surface area contributed by atoms with E-state index < -0.39 is 11.8 Å². The highest BCUT2D eigenvalue weighted by Crippen LogP contribution is 2.27. The number of aromatic nitrogens is 1. The second-order valence-corrected chi connectivity index (χ2v) is 3.51. The molecule has 84 valence electrons. The van der Waals surface area contributed by atoms with Crippen molar-refractivity contribution in [1.29, 1.82) is 0 Å². The molecule has 0 unspecified atom stereocenters. The number of aromatic hydroxyl groups is 2. The molecule has 0 atom stereocenters. The van der Waals surface area contributed by atoms with Gasteiger partial charge in [-0.1, -0.05) is 0 Å². The summed E-state index contributed by atoms with van der Waals surface area (Å²) >= 11 is 0. The van der Waals surface area contributed by atoms with E-state index in [0.717, 1.165) is 9.47 Å². The molecule has 2 N–H and O–H groups in total. The summed E-state index contributed by atoms with van der Waals surface area (Å²) in [4.78, 5) is 23.5. The van der Waals surface area contributed by atoms with Crippen molar-refractivity contribution in [3.8, 4) is 11.8 Å². The second kappa shape index (κ2) is 3.41. The molecule has 0 radical (unpaired) electrons. The molecule has 16 heavy (non-hydrogen) atoms. The van der Waals surface area contributed by atoms with Gasteiger partial charge in [-0.15, -0.1) is 0 Å². The van der Waals surface area contributed by atoms with E-state index in [9.17, 15) is 19.8 Å². The van der Waals surface area contributed by atoms with Gasteiger partial charge in [-0.05, 0) is 0 Å². The monoisotopic (exact) mass is 222 g/mol. The van der Waals surface area contributed by atoms with Crippen LogP contribution in [-0.2, 0) is 23.2 Å². The van der Waals surface area contributed by atoms with Crippen LogP contribution in [0.25, 0.3) is 0 Å². The van der Waals surface area contributed by atoms with Gasteiger partial charge in [0.2, 0.25) is 0 Å². The lowest BCUT2D eigenvalue weighted by Gasteiger charge is -2.12. The first-order chi connectivity index (χ1) is 7.50. The first-order valence-electron chi connectivity index (χ1n) is 4.60. The normalized spacial score (nSPS) is 15.2. The van der Waals surface area contributed by atoms with Crippen molar-refractivity contribution in [3.63, 3.8) is 0 Å². The van der Waals surface area contributed by atoms with Crippen molar-refractivity contribution in [2.45, 2.75) is 6.54 Å². The van der Waals surface area contributed by atoms with E-state index in [4.69, 9.17) is 0 Å². The Labute approximate surface area is 91.0 Å². The molecule has 1 aromatic heterocycles. The van der Waals surface area contributed by atoms with E-state index in [-0.39, 0.29) is 18.3 Å². The minimum atomic E-state index is -0.423. The van der Waals surface area contributed by atoms with Gasteiger partial charge in [0.05, 0.1) is 6.54 Å². The van der Waals surface area contributed by atoms with Crippen LogP contribution in [-0.4, -0.2) is 31.5 Å². The summed E-state index contributed by atoms with van der Waals surface area (Å²) in [6.45, 7) is -0.0507. The zero-order valence-corrected chi connectivity index (χ0v) is 8.54. The van der Waals surface area contributed by atoms with E-state index in [1.165, 1.54) is 25.3 Å². The maximum absolute atomic E-state index is 11.3. The van der Waals surface area contributed by atoms with E-state index in [0.29, 0.717) is 5.56 Å². The maximum atomic E-state index is 11.3. The van der Waals surface area contributed by atoms with E-state index >= 15 is 0 Å². The molecule has 1 aliphatic rings. The average molecular weight is 222 g/mol. The highest BCUT2D eigenvalue weighted by molar-refractivity contribution is 6.12. The molecule has 0 fully saturated rings. The van der Waals surface area contributed by atoms with Crippen molar-refractivity contribution in [1.82, 2.24) is 9.47 Å². The predicted molar refractivity (Wildman–Crippen MR) is 53.4 cm³/mol. The fraction of sp³-hybridized carbons (Fsp3) is 0.200. The van der Waals surface area contributed by atoms with Crippen LogP contribution in [0.1, 0.15) is 5.56 Å². The molecule has 0 spiro atoms. The SMILES string of the molecule is Cn1c(O)cc(CN2C(=O)C=CC2=O)c1O. The Balaban J connectivity index is 2.25. The van der Waals surface area contributed by atoms with Crippen LogP contribution in [0.3, 0.4) is 0 Å². The molecule has 2 heterocycles. The van der Waals surface area contributed by atoms with Gasteiger partial charge >= 0.3 is 0 Å². The van der Waals surface area contributed by atoms with Crippen LogP contribution >= 0.6 is 0 Å². The van der Waals surface area contributed by atoms with Crippen LogP contribution in [0.2, 0.25) is 0 Å². The van der Waals surface area contributed by atoms with E-state index in [2.05, 4.69) is 0 Å². The third-order valence-corrected chi connectivity index (χ3v) is 2.48. The molecular formula is C10H10N2O4. The first kappa shape index (κ1) is 10.3. The van der Waals surface area contributed by atoms with Crippen molar-refractivity contribution in [3.05, 3.63) is 23.8 Å². The summed E-state index contributed by atoms with van der Waals surface area (Å²) in [5, 5.41) is 18.9. The quantitative estimate of drug-likeness (QED) is 0.682. The Morgan fingerprint density at radius 2 is 1.75 bits per heavy atom. The van der Waals surface area contributed by atoms with Crippen LogP contribution in [0.15, 0.2) is 18.2 Å². The Morgan fingerprint density at radius 3 is 2.19 bits per heavy atom. The smallest absolute Gasteiger partial charge is 0.253 e. The first-order valence-corrected chi connectivity index (χ1v) is 4.60. The molecule has 0 bridgehead atoms. The van der Waals surface area contributed by atoms with Gasteiger partial charge in [-0.2, -0.15) is 0 Å². The number of imide groups is 1. The van der Waals surface area contributed by atoms with Gasteiger partial charge < -0.3 is 10.2 Å². The number of carbonyl (C=O) groups is 2. The molecule has 6 nitrogen and oxygen atoms in total. The van der Waals surface area contributed by atoms with E-state index in [1.54, 1.807) is 0 Å². The number of hydrogen-bond donors (Lipinski definition) is 2. The molecule has 0 aromatic carbocycles. The zero-order chi connectivity index (χ0) is 11.9. The average Bonchev–Trinajstić information content (AvgIpc) is 2.67. The summed E-state index contributed by atoms with van der Waals surface area (Å²) in [5.74, 6) is -1.13. The second-order valence-electron chi connectivity index (χ2n) is 3.51. The van der Waals surface area contributed by atoms with Crippen LogP contribution in [0.4, 0.5) is 0 Å².